The van der Waals surface area contributed by atoms with E-state index in [4.69, 9.17) is 9.90 Å². The molecule has 0 aliphatic heterocycles. The third-order valence-corrected chi connectivity index (χ3v) is 6.30. The quantitative estimate of drug-likeness (QED) is 0.365. The van der Waals surface area contributed by atoms with E-state index in [0.29, 0.717) is 11.6 Å². The van der Waals surface area contributed by atoms with Gasteiger partial charge in [-0.1, -0.05) is 39.8 Å². The van der Waals surface area contributed by atoms with E-state index in [2.05, 4.69) is 23.5 Å². The molecule has 0 amide bonds. The second kappa shape index (κ2) is 13.1. The van der Waals surface area contributed by atoms with Crippen LogP contribution in [0.25, 0.3) is 0 Å². The van der Waals surface area contributed by atoms with E-state index in [9.17, 15) is 31.5 Å². The number of rotatable bonds is 10. The van der Waals surface area contributed by atoms with Crippen molar-refractivity contribution in [2.75, 3.05) is 22.7 Å². The number of sulfonamides is 1. The number of benzene rings is 2. The highest BCUT2D eigenvalue weighted by Gasteiger charge is 2.38. The van der Waals surface area contributed by atoms with Crippen molar-refractivity contribution in [3.8, 4) is 0 Å². The number of halogens is 3. The molecule has 0 atom stereocenters. The minimum absolute atomic E-state index is 0.0366. The summed E-state index contributed by atoms with van der Waals surface area (Å²) < 4.78 is 60.3. The van der Waals surface area contributed by atoms with E-state index >= 15 is 0 Å². The molecule has 0 aliphatic carbocycles. The number of hydrogen-bond acceptors (Lipinski definition) is 5. The zero-order valence-corrected chi connectivity index (χ0v) is 21.3. The third kappa shape index (κ3) is 9.06. The number of anilines is 2. The Morgan fingerprint density at radius 3 is 1.86 bits per heavy atom. The first kappa shape index (κ1) is 30.8. The lowest BCUT2D eigenvalue weighted by atomic mass is 10.0. The minimum Gasteiger partial charge on any atom is -0.478 e. The monoisotopic (exact) mass is 532 g/mol. The first-order chi connectivity index (χ1) is 16.6. The van der Waals surface area contributed by atoms with Crippen LogP contribution in [0, 0.1) is 0 Å². The predicted molar refractivity (Wildman–Crippen MR) is 131 cm³/mol. The molecule has 0 saturated heterocycles. The van der Waals surface area contributed by atoms with Crippen LogP contribution in [0.1, 0.15) is 62.4 Å². The fourth-order valence-corrected chi connectivity index (χ4v) is 4.22. The summed E-state index contributed by atoms with van der Waals surface area (Å²) in [6.45, 7) is 9.68. The van der Waals surface area contributed by atoms with E-state index in [1.807, 2.05) is 13.8 Å². The largest absolute Gasteiger partial charge is 0.490 e. The van der Waals surface area contributed by atoms with E-state index < -0.39 is 28.1 Å². The molecule has 0 aliphatic rings. The topological polar surface area (TPSA) is 124 Å². The zero-order valence-electron chi connectivity index (χ0n) is 20.5. The van der Waals surface area contributed by atoms with Gasteiger partial charge >= 0.3 is 18.1 Å². The molecule has 0 aromatic heterocycles. The van der Waals surface area contributed by atoms with Gasteiger partial charge in [-0.15, -0.1) is 0 Å². The van der Waals surface area contributed by atoms with Gasteiger partial charge in [0.2, 0.25) is 0 Å². The van der Waals surface area contributed by atoms with Crippen LogP contribution in [0.5, 0.6) is 0 Å². The molecule has 8 nitrogen and oxygen atoms in total. The van der Waals surface area contributed by atoms with Gasteiger partial charge in [-0.25, -0.2) is 18.0 Å². The highest BCUT2D eigenvalue weighted by atomic mass is 32.2. The number of nitrogens with one attached hydrogen (secondary N) is 1. The molecular weight excluding hydrogens is 501 g/mol. The zero-order chi connectivity index (χ0) is 27.7. The van der Waals surface area contributed by atoms with Crippen molar-refractivity contribution in [1.82, 2.24) is 0 Å². The predicted octanol–water partition coefficient (Wildman–Crippen LogP) is 5.57. The Balaban J connectivity index is 0.000000809. The van der Waals surface area contributed by atoms with Crippen molar-refractivity contribution in [3.05, 3.63) is 53.6 Å². The molecule has 2 aromatic carbocycles. The van der Waals surface area contributed by atoms with Gasteiger partial charge in [0.25, 0.3) is 10.0 Å². The van der Waals surface area contributed by atoms with Crippen molar-refractivity contribution < 1.29 is 41.4 Å². The molecule has 200 valence electrons. The maximum atomic E-state index is 13.0. The normalized spacial score (nSPS) is 11.4. The minimum atomic E-state index is -5.08. The van der Waals surface area contributed by atoms with Crippen molar-refractivity contribution in [3.63, 3.8) is 0 Å². The molecule has 12 heteroatoms. The van der Waals surface area contributed by atoms with E-state index in [1.165, 1.54) is 12.1 Å². The number of carboxylic acids is 2. The number of alkyl halides is 3. The first-order valence-corrected chi connectivity index (χ1v) is 12.7. The van der Waals surface area contributed by atoms with Gasteiger partial charge in [0.15, 0.2) is 0 Å². The Morgan fingerprint density at radius 1 is 0.972 bits per heavy atom. The van der Waals surface area contributed by atoms with Crippen LogP contribution in [-0.2, 0) is 14.8 Å². The van der Waals surface area contributed by atoms with Crippen LogP contribution in [0.3, 0.4) is 0 Å². The number of carboxylic acid groups (broad SMARTS) is 2. The molecule has 3 N–H and O–H groups in total. The second-order valence-corrected chi connectivity index (χ2v) is 9.84. The Morgan fingerprint density at radius 2 is 1.47 bits per heavy atom. The maximum Gasteiger partial charge on any atom is 0.490 e. The van der Waals surface area contributed by atoms with Crippen molar-refractivity contribution in [1.29, 1.82) is 0 Å². The molecule has 0 radical (unpaired) electrons. The first-order valence-electron chi connectivity index (χ1n) is 11.2. The smallest absolute Gasteiger partial charge is 0.478 e. The van der Waals surface area contributed by atoms with Gasteiger partial charge in [-0.3, -0.25) is 4.72 Å². The summed E-state index contributed by atoms with van der Waals surface area (Å²) in [5.74, 6) is -3.56. The van der Waals surface area contributed by atoms with Crippen LogP contribution in [-0.4, -0.2) is 49.8 Å². The third-order valence-electron chi connectivity index (χ3n) is 4.92. The number of hydrogen-bond donors (Lipinski definition) is 3. The summed E-state index contributed by atoms with van der Waals surface area (Å²) in [5, 5.41) is 16.5. The van der Waals surface area contributed by atoms with Crippen molar-refractivity contribution in [2.45, 2.75) is 57.5 Å². The van der Waals surface area contributed by atoms with Gasteiger partial charge in [-0.05, 0) is 54.7 Å². The number of aromatic carboxylic acids is 1. The average Bonchev–Trinajstić information content (AvgIpc) is 2.78. The summed E-state index contributed by atoms with van der Waals surface area (Å²) >= 11 is 0. The van der Waals surface area contributed by atoms with Gasteiger partial charge in [0.1, 0.15) is 0 Å². The van der Waals surface area contributed by atoms with Crippen LogP contribution >= 0.6 is 0 Å². The Kier molecular flexibility index (Phi) is 11.2. The Bertz CT molecular complexity index is 1130. The fraction of sp³-hybridized carbons (Fsp3) is 0.417. The number of aliphatic carboxylic acids is 1. The summed E-state index contributed by atoms with van der Waals surface area (Å²) in [7, 11) is -3.85. The van der Waals surface area contributed by atoms with Crippen LogP contribution in [0.2, 0.25) is 0 Å². The lowest BCUT2D eigenvalue weighted by Crippen LogP contribution is -2.27. The Hall–Kier alpha value is -3.28. The molecule has 36 heavy (non-hydrogen) atoms. The van der Waals surface area contributed by atoms with Crippen molar-refractivity contribution >= 4 is 33.3 Å². The fourth-order valence-electron chi connectivity index (χ4n) is 3.15. The Labute approximate surface area is 208 Å². The molecule has 0 unspecified atom stereocenters. The van der Waals surface area contributed by atoms with Crippen LogP contribution in [0.4, 0.5) is 24.5 Å². The van der Waals surface area contributed by atoms with E-state index in [-0.39, 0.29) is 16.1 Å². The highest BCUT2D eigenvalue weighted by Crippen LogP contribution is 2.30. The highest BCUT2D eigenvalue weighted by molar-refractivity contribution is 7.92. The molecule has 0 fully saturated rings. The number of carbonyl (C=O) groups is 2. The van der Waals surface area contributed by atoms with Crippen LogP contribution in [0.15, 0.2) is 47.4 Å². The number of nitrogens with zero attached hydrogens (tertiary/aromatic N) is 1. The van der Waals surface area contributed by atoms with Gasteiger partial charge in [0, 0.05) is 13.1 Å². The summed E-state index contributed by atoms with van der Waals surface area (Å²) in [4.78, 5) is 22.5. The summed E-state index contributed by atoms with van der Waals surface area (Å²) in [5.41, 5.74) is 2.05. The van der Waals surface area contributed by atoms with Crippen LogP contribution < -0.4 is 9.62 Å². The standard InChI is InChI=1S/C22H30N2O4S.C2HF3O2/c1-5-13-24(14-6-2)21-12-9-18(22(25)26)15-20(21)23-29(27,28)19-10-7-17(8-11-19)16(3)4;3-2(4,5)1(6)7/h7-12,15-16,23H,5-6,13-14H2,1-4H3,(H,25,26);(H,6,7). The molecule has 2 aromatic rings. The maximum absolute atomic E-state index is 13.0. The molecule has 0 saturated carbocycles. The van der Waals surface area contributed by atoms with Gasteiger partial charge in [-0.2, -0.15) is 13.2 Å². The molecule has 0 spiro atoms. The molecule has 2 rings (SSSR count). The molecular formula is C24H31F3N2O6S. The van der Waals surface area contributed by atoms with Crippen molar-refractivity contribution in [2.24, 2.45) is 0 Å². The summed E-state index contributed by atoms with van der Waals surface area (Å²) in [6.07, 6.45) is -3.30. The average molecular weight is 533 g/mol. The lowest BCUT2D eigenvalue weighted by molar-refractivity contribution is -0.192. The molecule has 0 heterocycles. The molecule has 0 bridgehead atoms. The lowest BCUT2D eigenvalue weighted by Gasteiger charge is -2.27. The van der Waals surface area contributed by atoms with Gasteiger partial charge in [0.05, 0.1) is 21.8 Å². The SMILES string of the molecule is CCCN(CCC)c1ccc(C(=O)O)cc1NS(=O)(=O)c1ccc(C(C)C)cc1.O=C(O)C(F)(F)F. The van der Waals surface area contributed by atoms with Gasteiger partial charge < -0.3 is 15.1 Å². The van der Waals surface area contributed by atoms with E-state index in [0.717, 1.165) is 31.5 Å². The van der Waals surface area contributed by atoms with E-state index in [1.54, 1.807) is 30.3 Å². The summed E-state index contributed by atoms with van der Waals surface area (Å²) in [6, 6.07) is 11.3. The second-order valence-electron chi connectivity index (χ2n) is 8.16.